The highest BCUT2D eigenvalue weighted by molar-refractivity contribution is 9.10. The van der Waals surface area contributed by atoms with E-state index in [4.69, 9.17) is 0 Å². The molecule has 0 aromatic heterocycles. The van der Waals surface area contributed by atoms with Gasteiger partial charge in [0.05, 0.1) is 11.1 Å². The lowest BCUT2D eigenvalue weighted by Crippen LogP contribution is -2.48. The third-order valence-electron chi connectivity index (χ3n) is 3.93. The van der Waals surface area contributed by atoms with Gasteiger partial charge in [-0.25, -0.2) is 9.18 Å². The van der Waals surface area contributed by atoms with Crippen LogP contribution in [0, 0.1) is 11.2 Å². The van der Waals surface area contributed by atoms with E-state index in [0.29, 0.717) is 23.0 Å². The summed E-state index contributed by atoms with van der Waals surface area (Å²) < 4.78 is 13.7. The molecule has 114 valence electrons. The number of anilines is 1. The fourth-order valence-corrected chi connectivity index (χ4v) is 2.91. The van der Waals surface area contributed by atoms with Crippen molar-refractivity contribution in [2.75, 3.05) is 5.32 Å². The molecule has 7 heteroatoms. The Kier molecular flexibility index (Phi) is 4.51. The molecule has 3 N–H and O–H groups in total. The summed E-state index contributed by atoms with van der Waals surface area (Å²) in [6.07, 6.45) is 1.88. The zero-order chi connectivity index (χ0) is 15.6. The first-order chi connectivity index (χ1) is 9.83. The summed E-state index contributed by atoms with van der Waals surface area (Å²) in [6, 6.07) is 2.96. The summed E-state index contributed by atoms with van der Waals surface area (Å²) in [5.41, 5.74) is -0.668. The summed E-state index contributed by atoms with van der Waals surface area (Å²) >= 11 is 3.21. The standard InChI is InChI=1S/C14H16BrFN2O3/c1-14(12(19)20)6-2-3-11(14)18-13(21)17-10-7-8(16)4-5-9(10)15/h4-5,7,11H,2-3,6H2,1H3,(H,19,20)(H2,17,18,21). The molecule has 2 unspecified atom stereocenters. The van der Waals surface area contributed by atoms with Crippen LogP contribution in [0.2, 0.25) is 0 Å². The van der Waals surface area contributed by atoms with Crippen LogP contribution in [0.5, 0.6) is 0 Å². The van der Waals surface area contributed by atoms with Crippen molar-refractivity contribution in [3.63, 3.8) is 0 Å². The predicted octanol–water partition coefficient (Wildman–Crippen LogP) is 3.35. The Hall–Kier alpha value is -1.63. The van der Waals surface area contributed by atoms with Crippen molar-refractivity contribution in [3.05, 3.63) is 28.5 Å². The fourth-order valence-electron chi connectivity index (χ4n) is 2.56. The molecule has 1 aromatic rings. The quantitative estimate of drug-likeness (QED) is 0.775. The topological polar surface area (TPSA) is 78.4 Å². The van der Waals surface area contributed by atoms with Crippen molar-refractivity contribution in [2.24, 2.45) is 5.41 Å². The van der Waals surface area contributed by atoms with Crippen molar-refractivity contribution in [3.8, 4) is 0 Å². The second kappa shape index (κ2) is 6.01. The van der Waals surface area contributed by atoms with Crippen LogP contribution >= 0.6 is 15.9 Å². The van der Waals surface area contributed by atoms with Gasteiger partial charge in [0.1, 0.15) is 5.82 Å². The van der Waals surface area contributed by atoms with Gasteiger partial charge in [0.2, 0.25) is 0 Å². The number of hydrogen-bond donors (Lipinski definition) is 3. The Bertz CT molecular complexity index is 581. The number of hydrogen-bond acceptors (Lipinski definition) is 2. The van der Waals surface area contributed by atoms with Crippen molar-refractivity contribution in [2.45, 2.75) is 32.2 Å². The Labute approximate surface area is 130 Å². The lowest BCUT2D eigenvalue weighted by Gasteiger charge is -2.27. The molecular weight excluding hydrogens is 343 g/mol. The summed E-state index contributed by atoms with van der Waals surface area (Å²) in [4.78, 5) is 23.3. The van der Waals surface area contributed by atoms with E-state index in [1.165, 1.54) is 18.2 Å². The van der Waals surface area contributed by atoms with Gasteiger partial charge in [-0.1, -0.05) is 6.42 Å². The third-order valence-corrected chi connectivity index (χ3v) is 4.62. The molecule has 2 amide bonds. The molecule has 1 saturated carbocycles. The molecule has 0 heterocycles. The van der Waals surface area contributed by atoms with E-state index in [0.717, 1.165) is 6.42 Å². The number of aliphatic carboxylic acids is 1. The zero-order valence-corrected chi connectivity index (χ0v) is 13.0. The minimum atomic E-state index is -0.962. The molecule has 1 aliphatic rings. The van der Waals surface area contributed by atoms with Gasteiger partial charge in [-0.2, -0.15) is 0 Å². The summed E-state index contributed by atoms with van der Waals surface area (Å²) in [5, 5.41) is 14.5. The van der Waals surface area contributed by atoms with Crippen LogP contribution in [0.1, 0.15) is 26.2 Å². The number of carboxylic acids is 1. The number of carboxylic acid groups (broad SMARTS) is 1. The number of amides is 2. The van der Waals surface area contributed by atoms with Crippen LogP contribution < -0.4 is 10.6 Å². The molecule has 1 aliphatic carbocycles. The van der Waals surface area contributed by atoms with E-state index >= 15 is 0 Å². The zero-order valence-electron chi connectivity index (χ0n) is 11.5. The highest BCUT2D eigenvalue weighted by Gasteiger charge is 2.45. The van der Waals surface area contributed by atoms with Gasteiger partial charge in [-0.05, 0) is 53.9 Å². The van der Waals surface area contributed by atoms with Crippen LogP contribution in [-0.2, 0) is 4.79 Å². The molecule has 1 aromatic carbocycles. The van der Waals surface area contributed by atoms with Crippen molar-refractivity contribution < 1.29 is 19.1 Å². The van der Waals surface area contributed by atoms with Crippen LogP contribution in [0.3, 0.4) is 0 Å². The molecule has 2 rings (SSSR count). The first kappa shape index (κ1) is 15.8. The molecule has 5 nitrogen and oxygen atoms in total. The molecule has 0 spiro atoms. The number of rotatable bonds is 3. The van der Waals surface area contributed by atoms with E-state index < -0.39 is 29.3 Å². The van der Waals surface area contributed by atoms with Crippen LogP contribution in [0.15, 0.2) is 22.7 Å². The summed E-state index contributed by atoms with van der Waals surface area (Å²) in [5.74, 6) is -1.39. The maximum absolute atomic E-state index is 13.2. The molecule has 21 heavy (non-hydrogen) atoms. The Morgan fingerprint density at radius 3 is 2.86 bits per heavy atom. The van der Waals surface area contributed by atoms with Gasteiger partial charge in [0.25, 0.3) is 0 Å². The van der Waals surface area contributed by atoms with Crippen molar-refractivity contribution in [1.82, 2.24) is 5.32 Å². The summed E-state index contributed by atoms with van der Waals surface area (Å²) in [6.45, 7) is 1.63. The Morgan fingerprint density at radius 1 is 1.48 bits per heavy atom. The molecule has 2 atom stereocenters. The SMILES string of the molecule is CC1(C(=O)O)CCCC1NC(=O)Nc1cc(F)ccc1Br. The van der Waals surface area contributed by atoms with Gasteiger partial charge >= 0.3 is 12.0 Å². The van der Waals surface area contributed by atoms with E-state index in [1.54, 1.807) is 6.92 Å². The Morgan fingerprint density at radius 2 is 2.19 bits per heavy atom. The molecule has 0 radical (unpaired) electrons. The van der Waals surface area contributed by atoms with Crippen molar-refractivity contribution in [1.29, 1.82) is 0 Å². The van der Waals surface area contributed by atoms with E-state index in [-0.39, 0.29) is 0 Å². The fraction of sp³-hybridized carbons (Fsp3) is 0.429. The lowest BCUT2D eigenvalue weighted by atomic mass is 9.85. The minimum absolute atomic E-state index is 0.294. The highest BCUT2D eigenvalue weighted by Crippen LogP contribution is 2.38. The monoisotopic (exact) mass is 358 g/mol. The first-order valence-corrected chi connectivity index (χ1v) is 7.38. The number of carbonyl (C=O) groups excluding carboxylic acids is 1. The largest absolute Gasteiger partial charge is 0.481 e. The summed E-state index contributed by atoms with van der Waals surface area (Å²) in [7, 11) is 0. The van der Waals surface area contributed by atoms with Gasteiger partial charge < -0.3 is 15.7 Å². The average Bonchev–Trinajstić information content (AvgIpc) is 2.77. The van der Waals surface area contributed by atoms with Gasteiger partial charge in [0, 0.05) is 10.5 Å². The van der Waals surface area contributed by atoms with E-state index in [2.05, 4.69) is 26.6 Å². The number of halogens is 2. The van der Waals surface area contributed by atoms with Crippen LogP contribution in [0.25, 0.3) is 0 Å². The maximum atomic E-state index is 13.2. The van der Waals surface area contributed by atoms with Gasteiger partial charge in [0.15, 0.2) is 0 Å². The minimum Gasteiger partial charge on any atom is -0.481 e. The second-order valence-electron chi connectivity index (χ2n) is 5.39. The molecule has 0 aliphatic heterocycles. The number of carbonyl (C=O) groups is 2. The highest BCUT2D eigenvalue weighted by atomic mass is 79.9. The molecule has 1 fully saturated rings. The Balaban J connectivity index is 2.05. The molecular formula is C14H16BrFN2O3. The van der Waals surface area contributed by atoms with Gasteiger partial charge in [-0.15, -0.1) is 0 Å². The normalized spacial score (nSPS) is 24.6. The average molecular weight is 359 g/mol. The van der Waals surface area contributed by atoms with Gasteiger partial charge in [-0.3, -0.25) is 4.79 Å². The third kappa shape index (κ3) is 3.34. The number of nitrogens with one attached hydrogen (secondary N) is 2. The predicted molar refractivity (Wildman–Crippen MR) is 79.6 cm³/mol. The second-order valence-corrected chi connectivity index (χ2v) is 6.24. The maximum Gasteiger partial charge on any atom is 0.319 e. The number of benzene rings is 1. The number of urea groups is 1. The van der Waals surface area contributed by atoms with Crippen LogP contribution in [-0.4, -0.2) is 23.1 Å². The first-order valence-electron chi connectivity index (χ1n) is 6.59. The van der Waals surface area contributed by atoms with Crippen molar-refractivity contribution >= 4 is 33.6 Å². The molecule has 0 bridgehead atoms. The van der Waals surface area contributed by atoms with E-state index in [9.17, 15) is 19.1 Å². The lowest BCUT2D eigenvalue weighted by molar-refractivity contribution is -0.148. The van der Waals surface area contributed by atoms with E-state index in [1.807, 2.05) is 0 Å². The smallest absolute Gasteiger partial charge is 0.319 e. The molecule has 0 saturated heterocycles. The van der Waals surface area contributed by atoms with Crippen LogP contribution in [0.4, 0.5) is 14.9 Å².